The monoisotopic (exact) mass is 474 g/mol. The van der Waals surface area contributed by atoms with Gasteiger partial charge in [-0.2, -0.15) is 4.31 Å². The number of amides is 1. The molecule has 0 unspecified atom stereocenters. The van der Waals surface area contributed by atoms with Crippen LogP contribution in [0.3, 0.4) is 0 Å². The molecule has 1 amide bonds. The summed E-state index contributed by atoms with van der Waals surface area (Å²) in [6.45, 7) is 2.55. The van der Waals surface area contributed by atoms with E-state index in [2.05, 4.69) is 10.1 Å². The van der Waals surface area contributed by atoms with Crippen LogP contribution in [-0.4, -0.2) is 51.4 Å². The van der Waals surface area contributed by atoms with Crippen LogP contribution in [0, 0.1) is 6.92 Å². The molecule has 1 N–H and O–H groups in total. The zero-order valence-corrected chi connectivity index (χ0v) is 19.8. The molecule has 0 radical (unpaired) electrons. The highest BCUT2D eigenvalue weighted by Crippen LogP contribution is 2.26. The number of carbonyl (C=O) groups is 2. The fourth-order valence-electron chi connectivity index (χ4n) is 3.67. The zero-order valence-electron chi connectivity index (χ0n) is 19.0. The van der Waals surface area contributed by atoms with Crippen LogP contribution in [0.25, 0.3) is 0 Å². The van der Waals surface area contributed by atoms with E-state index in [1.54, 1.807) is 47.6 Å². The summed E-state index contributed by atoms with van der Waals surface area (Å²) in [5, 5.41) is 2.70. The van der Waals surface area contributed by atoms with E-state index in [0.29, 0.717) is 30.1 Å². The molecule has 2 aromatic carbocycles. The fourth-order valence-corrected chi connectivity index (χ4v) is 5.43. The van der Waals surface area contributed by atoms with E-state index in [0.717, 1.165) is 31.2 Å². The molecule has 2 aromatic rings. The van der Waals surface area contributed by atoms with Crippen molar-refractivity contribution in [2.24, 2.45) is 0 Å². The minimum Gasteiger partial charge on any atom is -0.484 e. The Bertz CT molecular complexity index is 1070. The summed E-state index contributed by atoms with van der Waals surface area (Å²) >= 11 is 0. The molecule has 1 aliphatic rings. The van der Waals surface area contributed by atoms with Gasteiger partial charge < -0.3 is 14.8 Å². The number of nitrogens with one attached hydrogen (secondary N) is 1. The first-order valence-electron chi connectivity index (χ1n) is 11.0. The minimum atomic E-state index is -3.63. The van der Waals surface area contributed by atoms with Gasteiger partial charge in [-0.3, -0.25) is 9.59 Å². The first kappa shape index (κ1) is 24.7. The molecule has 9 heteroatoms. The van der Waals surface area contributed by atoms with Crippen LogP contribution in [-0.2, 0) is 30.8 Å². The number of hydrogen-bond acceptors (Lipinski definition) is 6. The maximum absolute atomic E-state index is 13.2. The summed E-state index contributed by atoms with van der Waals surface area (Å²) in [7, 11) is -2.29. The number of rotatable bonds is 8. The predicted octanol–water partition coefficient (Wildman–Crippen LogP) is 3.29. The van der Waals surface area contributed by atoms with Crippen molar-refractivity contribution in [1.29, 1.82) is 0 Å². The van der Waals surface area contributed by atoms with Gasteiger partial charge in [-0.05, 0) is 55.2 Å². The highest BCUT2D eigenvalue weighted by Gasteiger charge is 2.27. The Hall–Kier alpha value is -2.91. The first-order valence-corrected chi connectivity index (χ1v) is 12.4. The Morgan fingerprint density at radius 2 is 1.67 bits per heavy atom. The van der Waals surface area contributed by atoms with Gasteiger partial charge in [0.25, 0.3) is 5.91 Å². The SMILES string of the molecule is COC(=O)Cc1ccc(OCC(=O)Nc2ccc(C)c(S(=O)(=O)N3CCCCCC3)c2)cc1. The Labute approximate surface area is 194 Å². The van der Waals surface area contributed by atoms with Crippen LogP contribution in [0.15, 0.2) is 47.4 Å². The lowest BCUT2D eigenvalue weighted by molar-refractivity contribution is -0.139. The third-order valence-electron chi connectivity index (χ3n) is 5.52. The zero-order chi connectivity index (χ0) is 23.8. The minimum absolute atomic E-state index is 0.160. The summed E-state index contributed by atoms with van der Waals surface area (Å²) in [5.41, 5.74) is 1.81. The Morgan fingerprint density at radius 1 is 1.00 bits per heavy atom. The second kappa shape index (κ2) is 11.3. The first-order chi connectivity index (χ1) is 15.8. The van der Waals surface area contributed by atoms with Crippen LogP contribution < -0.4 is 10.1 Å². The van der Waals surface area contributed by atoms with E-state index in [1.807, 2.05) is 0 Å². The fraction of sp³-hybridized carbons (Fsp3) is 0.417. The highest BCUT2D eigenvalue weighted by molar-refractivity contribution is 7.89. The van der Waals surface area contributed by atoms with E-state index in [1.165, 1.54) is 13.2 Å². The Balaban J connectivity index is 1.61. The molecule has 0 atom stereocenters. The summed E-state index contributed by atoms with van der Waals surface area (Å²) < 4.78 is 38.0. The largest absolute Gasteiger partial charge is 0.484 e. The molecule has 1 aliphatic heterocycles. The van der Waals surface area contributed by atoms with Gasteiger partial charge in [0.05, 0.1) is 18.4 Å². The molecule has 0 bridgehead atoms. The number of esters is 1. The van der Waals surface area contributed by atoms with E-state index in [4.69, 9.17) is 4.74 Å². The van der Waals surface area contributed by atoms with E-state index in [-0.39, 0.29) is 23.9 Å². The normalized spacial score (nSPS) is 14.8. The van der Waals surface area contributed by atoms with E-state index >= 15 is 0 Å². The summed E-state index contributed by atoms with van der Waals surface area (Å²) in [5.74, 6) is -0.263. The topological polar surface area (TPSA) is 102 Å². The molecular formula is C24H30N2O6S. The summed E-state index contributed by atoms with van der Waals surface area (Å²) in [4.78, 5) is 23.9. The van der Waals surface area contributed by atoms with E-state index < -0.39 is 15.9 Å². The average Bonchev–Trinajstić information content (AvgIpc) is 3.10. The molecule has 3 rings (SSSR count). The number of hydrogen-bond donors (Lipinski definition) is 1. The van der Waals surface area contributed by atoms with Crippen molar-refractivity contribution in [3.05, 3.63) is 53.6 Å². The van der Waals surface area contributed by atoms with Gasteiger partial charge >= 0.3 is 5.97 Å². The van der Waals surface area contributed by atoms with E-state index in [9.17, 15) is 18.0 Å². The number of anilines is 1. The van der Waals surface area contributed by atoms with Crippen molar-refractivity contribution in [2.75, 3.05) is 32.1 Å². The van der Waals surface area contributed by atoms with Crippen molar-refractivity contribution >= 4 is 27.6 Å². The molecule has 1 heterocycles. The third kappa shape index (κ3) is 6.79. The van der Waals surface area contributed by atoms with Crippen molar-refractivity contribution in [2.45, 2.75) is 43.9 Å². The Morgan fingerprint density at radius 3 is 2.30 bits per heavy atom. The molecule has 0 aromatic heterocycles. The van der Waals surface area contributed by atoms with Gasteiger partial charge in [0.15, 0.2) is 6.61 Å². The molecule has 8 nitrogen and oxygen atoms in total. The number of nitrogens with zero attached hydrogens (tertiary/aromatic N) is 1. The number of ether oxygens (including phenoxy) is 2. The molecule has 0 spiro atoms. The van der Waals surface area contributed by atoms with Crippen molar-refractivity contribution in [3.63, 3.8) is 0 Å². The maximum atomic E-state index is 13.2. The molecule has 1 saturated heterocycles. The third-order valence-corrected chi connectivity index (χ3v) is 7.56. The number of benzene rings is 2. The smallest absolute Gasteiger partial charge is 0.309 e. The van der Waals surface area contributed by atoms with Gasteiger partial charge in [-0.25, -0.2) is 8.42 Å². The molecular weight excluding hydrogens is 444 g/mol. The van der Waals surface area contributed by atoms with Gasteiger partial charge in [-0.1, -0.05) is 31.0 Å². The average molecular weight is 475 g/mol. The number of carbonyl (C=O) groups excluding carboxylic acids is 2. The quantitative estimate of drug-likeness (QED) is 0.589. The summed E-state index contributed by atoms with van der Waals surface area (Å²) in [6.07, 6.45) is 3.95. The van der Waals surface area contributed by atoms with Crippen LogP contribution in [0.2, 0.25) is 0 Å². The lowest BCUT2D eigenvalue weighted by Gasteiger charge is -2.21. The van der Waals surface area contributed by atoms with Gasteiger partial charge in [-0.15, -0.1) is 0 Å². The number of methoxy groups -OCH3 is 1. The molecule has 0 aliphatic carbocycles. The van der Waals surface area contributed by atoms with Crippen molar-refractivity contribution in [3.8, 4) is 5.75 Å². The molecule has 33 heavy (non-hydrogen) atoms. The molecule has 178 valence electrons. The second-order valence-corrected chi connectivity index (χ2v) is 9.94. The lowest BCUT2D eigenvalue weighted by atomic mass is 10.1. The lowest BCUT2D eigenvalue weighted by Crippen LogP contribution is -2.32. The van der Waals surface area contributed by atoms with Crippen LogP contribution in [0.4, 0.5) is 5.69 Å². The highest BCUT2D eigenvalue weighted by atomic mass is 32.2. The Kier molecular flexibility index (Phi) is 8.46. The van der Waals surface area contributed by atoms with Crippen LogP contribution in [0.1, 0.15) is 36.8 Å². The van der Waals surface area contributed by atoms with Gasteiger partial charge in [0.2, 0.25) is 10.0 Å². The second-order valence-electron chi connectivity index (χ2n) is 8.03. The summed E-state index contributed by atoms with van der Waals surface area (Å²) in [6, 6.07) is 11.7. The maximum Gasteiger partial charge on any atom is 0.309 e. The van der Waals surface area contributed by atoms with Crippen molar-refractivity contribution < 1.29 is 27.5 Å². The van der Waals surface area contributed by atoms with Crippen LogP contribution >= 0.6 is 0 Å². The number of sulfonamides is 1. The molecule has 1 fully saturated rings. The van der Waals surface area contributed by atoms with Gasteiger partial charge in [0.1, 0.15) is 5.75 Å². The van der Waals surface area contributed by atoms with Crippen molar-refractivity contribution in [1.82, 2.24) is 4.31 Å². The van der Waals surface area contributed by atoms with Gasteiger partial charge in [0, 0.05) is 18.8 Å². The van der Waals surface area contributed by atoms with Crippen LogP contribution in [0.5, 0.6) is 5.75 Å². The predicted molar refractivity (Wildman–Crippen MR) is 125 cm³/mol. The molecule has 0 saturated carbocycles. The standard InChI is InChI=1S/C24H30N2O6S/c1-18-7-10-20(16-22(18)33(29,30)26-13-5-3-4-6-14-26)25-23(27)17-32-21-11-8-19(9-12-21)15-24(28)31-2/h7-12,16H,3-6,13-15,17H2,1-2H3,(H,25,27). The number of aryl methyl sites for hydroxylation is 1.